The second-order valence-electron chi connectivity index (χ2n) is 5.68. The van der Waals surface area contributed by atoms with Crippen LogP contribution in [0.5, 0.6) is 0 Å². The van der Waals surface area contributed by atoms with E-state index >= 15 is 0 Å². The molecule has 1 heterocycles. The first-order chi connectivity index (χ1) is 8.78. The van der Waals surface area contributed by atoms with Crippen LogP contribution in [0.25, 0.3) is 0 Å². The van der Waals surface area contributed by atoms with Crippen LogP contribution in [0.4, 0.5) is 0 Å². The van der Waals surface area contributed by atoms with Gasteiger partial charge in [-0.25, -0.2) is 0 Å². The third-order valence-electron chi connectivity index (χ3n) is 4.23. The average molecular weight is 285 g/mol. The Labute approximate surface area is 118 Å². The van der Waals surface area contributed by atoms with Crippen molar-refractivity contribution in [2.45, 2.75) is 31.7 Å². The van der Waals surface area contributed by atoms with Gasteiger partial charge in [0.05, 0.1) is 10.4 Å². The SMILES string of the molecule is NCC(NCC(C1CC1)C1CC1)c1ccc(Cl)s1. The van der Waals surface area contributed by atoms with Gasteiger partial charge in [-0.15, -0.1) is 11.3 Å². The monoisotopic (exact) mass is 284 g/mol. The van der Waals surface area contributed by atoms with Gasteiger partial charge in [0.1, 0.15) is 0 Å². The molecule has 4 heteroatoms. The molecule has 0 bridgehead atoms. The van der Waals surface area contributed by atoms with Crippen LogP contribution in [0.3, 0.4) is 0 Å². The van der Waals surface area contributed by atoms with Gasteiger partial charge in [-0.1, -0.05) is 11.6 Å². The van der Waals surface area contributed by atoms with Gasteiger partial charge >= 0.3 is 0 Å². The second-order valence-corrected chi connectivity index (χ2v) is 7.42. The molecule has 18 heavy (non-hydrogen) atoms. The average Bonchev–Trinajstić information content (AvgIpc) is 3.26. The van der Waals surface area contributed by atoms with Gasteiger partial charge in [-0.05, 0) is 62.1 Å². The molecule has 2 aliphatic carbocycles. The topological polar surface area (TPSA) is 38.0 Å². The second kappa shape index (κ2) is 5.49. The molecule has 0 amide bonds. The van der Waals surface area contributed by atoms with Crippen LogP contribution in [-0.4, -0.2) is 13.1 Å². The minimum Gasteiger partial charge on any atom is -0.329 e. The number of thiophene rings is 1. The van der Waals surface area contributed by atoms with Crippen molar-refractivity contribution >= 4 is 22.9 Å². The maximum Gasteiger partial charge on any atom is 0.0931 e. The van der Waals surface area contributed by atoms with Crippen molar-refractivity contribution in [3.8, 4) is 0 Å². The van der Waals surface area contributed by atoms with Crippen LogP contribution in [-0.2, 0) is 0 Å². The lowest BCUT2D eigenvalue weighted by molar-refractivity contribution is 0.359. The zero-order valence-electron chi connectivity index (χ0n) is 10.6. The van der Waals surface area contributed by atoms with E-state index in [-0.39, 0.29) is 6.04 Å². The van der Waals surface area contributed by atoms with Gasteiger partial charge < -0.3 is 11.1 Å². The molecule has 3 rings (SSSR count). The highest BCUT2D eigenvalue weighted by atomic mass is 35.5. The van der Waals surface area contributed by atoms with E-state index in [2.05, 4.69) is 11.4 Å². The lowest BCUT2D eigenvalue weighted by atomic mass is 9.97. The number of halogens is 1. The zero-order chi connectivity index (χ0) is 12.5. The number of nitrogens with one attached hydrogen (secondary N) is 1. The number of hydrogen-bond donors (Lipinski definition) is 2. The van der Waals surface area contributed by atoms with Crippen molar-refractivity contribution in [1.82, 2.24) is 5.32 Å². The van der Waals surface area contributed by atoms with Crippen LogP contribution in [0, 0.1) is 17.8 Å². The molecule has 2 fully saturated rings. The molecular formula is C14H21ClN2S. The summed E-state index contributed by atoms with van der Waals surface area (Å²) in [6.45, 7) is 1.78. The van der Waals surface area contributed by atoms with E-state index in [0.29, 0.717) is 6.54 Å². The van der Waals surface area contributed by atoms with Crippen LogP contribution in [0.15, 0.2) is 12.1 Å². The molecule has 0 spiro atoms. The summed E-state index contributed by atoms with van der Waals surface area (Å²) in [5, 5.41) is 3.67. The summed E-state index contributed by atoms with van der Waals surface area (Å²) in [6.07, 6.45) is 5.78. The Morgan fingerprint density at radius 1 is 1.28 bits per heavy atom. The maximum absolute atomic E-state index is 5.99. The summed E-state index contributed by atoms with van der Waals surface area (Å²) in [5.41, 5.74) is 5.88. The van der Waals surface area contributed by atoms with Gasteiger partial charge in [-0.3, -0.25) is 0 Å². The molecule has 100 valence electrons. The van der Waals surface area contributed by atoms with Crippen LogP contribution in [0.1, 0.15) is 36.6 Å². The molecule has 2 nitrogen and oxygen atoms in total. The molecule has 2 aliphatic rings. The molecule has 1 unspecified atom stereocenters. The Balaban J connectivity index is 1.56. The lowest BCUT2D eigenvalue weighted by Gasteiger charge is -2.21. The van der Waals surface area contributed by atoms with E-state index in [1.807, 2.05) is 6.07 Å². The third-order valence-corrected chi connectivity index (χ3v) is 5.57. The molecule has 1 aromatic heterocycles. The first-order valence-electron chi connectivity index (χ1n) is 6.96. The van der Waals surface area contributed by atoms with E-state index in [0.717, 1.165) is 28.6 Å². The zero-order valence-corrected chi connectivity index (χ0v) is 12.1. The van der Waals surface area contributed by atoms with Crippen molar-refractivity contribution in [2.75, 3.05) is 13.1 Å². The van der Waals surface area contributed by atoms with Gasteiger partial charge in [0.15, 0.2) is 0 Å². The molecule has 3 N–H and O–H groups in total. The lowest BCUT2D eigenvalue weighted by Crippen LogP contribution is -2.33. The third kappa shape index (κ3) is 3.08. The van der Waals surface area contributed by atoms with Crippen molar-refractivity contribution in [3.05, 3.63) is 21.3 Å². The minimum atomic E-state index is 0.280. The maximum atomic E-state index is 5.99. The molecule has 2 saturated carbocycles. The predicted octanol–water partition coefficient (Wildman–Crippen LogP) is 3.43. The minimum absolute atomic E-state index is 0.280. The summed E-state index contributed by atoms with van der Waals surface area (Å²) in [4.78, 5) is 1.27. The fourth-order valence-electron chi connectivity index (χ4n) is 2.86. The number of rotatable bonds is 7. The summed E-state index contributed by atoms with van der Waals surface area (Å²) < 4.78 is 0.853. The van der Waals surface area contributed by atoms with Crippen molar-refractivity contribution in [1.29, 1.82) is 0 Å². The van der Waals surface area contributed by atoms with Gasteiger partial charge in [0.25, 0.3) is 0 Å². The summed E-state index contributed by atoms with van der Waals surface area (Å²) in [6, 6.07) is 4.34. The van der Waals surface area contributed by atoms with Crippen LogP contribution >= 0.6 is 22.9 Å². The van der Waals surface area contributed by atoms with Crippen LogP contribution in [0.2, 0.25) is 4.34 Å². The van der Waals surface area contributed by atoms with Crippen LogP contribution < -0.4 is 11.1 Å². The largest absolute Gasteiger partial charge is 0.329 e. The van der Waals surface area contributed by atoms with E-state index in [9.17, 15) is 0 Å². The van der Waals surface area contributed by atoms with E-state index in [1.54, 1.807) is 11.3 Å². The highest BCUT2D eigenvalue weighted by Crippen LogP contribution is 2.49. The van der Waals surface area contributed by atoms with E-state index in [1.165, 1.54) is 30.6 Å². The molecule has 0 aliphatic heterocycles. The first kappa shape index (κ1) is 12.9. The molecule has 1 atom stereocenters. The Hall–Kier alpha value is -0.0900. The highest BCUT2D eigenvalue weighted by Gasteiger charge is 2.41. The number of nitrogens with two attached hydrogens (primary N) is 1. The molecule has 0 saturated heterocycles. The van der Waals surface area contributed by atoms with Gasteiger partial charge in [0, 0.05) is 11.4 Å². The van der Waals surface area contributed by atoms with Crippen molar-refractivity contribution in [3.63, 3.8) is 0 Å². The quantitative estimate of drug-likeness (QED) is 0.805. The molecular weight excluding hydrogens is 264 g/mol. The highest BCUT2D eigenvalue weighted by molar-refractivity contribution is 7.16. The van der Waals surface area contributed by atoms with Crippen molar-refractivity contribution < 1.29 is 0 Å². The Morgan fingerprint density at radius 2 is 1.94 bits per heavy atom. The first-order valence-corrected chi connectivity index (χ1v) is 8.16. The van der Waals surface area contributed by atoms with Crippen molar-refractivity contribution in [2.24, 2.45) is 23.5 Å². The Morgan fingerprint density at radius 3 is 2.39 bits per heavy atom. The van der Waals surface area contributed by atoms with Gasteiger partial charge in [-0.2, -0.15) is 0 Å². The Bertz CT molecular complexity index is 386. The van der Waals surface area contributed by atoms with Gasteiger partial charge in [0.2, 0.25) is 0 Å². The van der Waals surface area contributed by atoms with E-state index in [4.69, 9.17) is 17.3 Å². The fraction of sp³-hybridized carbons (Fsp3) is 0.714. The molecule has 0 aromatic carbocycles. The summed E-state index contributed by atoms with van der Waals surface area (Å²) >= 11 is 7.64. The molecule has 1 aromatic rings. The summed E-state index contributed by atoms with van der Waals surface area (Å²) in [5.74, 6) is 2.89. The normalized spacial score (nSPS) is 21.5. The smallest absolute Gasteiger partial charge is 0.0931 e. The predicted molar refractivity (Wildman–Crippen MR) is 78.1 cm³/mol. The standard InChI is InChI=1S/C14H21ClN2S/c15-14-6-5-13(18-14)12(7-16)17-8-11(9-1-2-9)10-3-4-10/h5-6,9-12,17H,1-4,7-8,16H2. The number of hydrogen-bond acceptors (Lipinski definition) is 3. The Kier molecular flexibility index (Phi) is 3.94. The summed E-state index contributed by atoms with van der Waals surface area (Å²) in [7, 11) is 0. The fourth-order valence-corrected chi connectivity index (χ4v) is 4.01. The van der Waals surface area contributed by atoms with E-state index < -0.39 is 0 Å². The molecule has 0 radical (unpaired) electrons.